The lowest BCUT2D eigenvalue weighted by molar-refractivity contribution is 0.450. The van der Waals surface area contributed by atoms with Gasteiger partial charge in [0.25, 0.3) is 0 Å². The summed E-state index contributed by atoms with van der Waals surface area (Å²) < 4.78 is 1.89. The van der Waals surface area contributed by atoms with Crippen molar-refractivity contribution in [3.8, 4) is 11.5 Å². The number of aromatic nitrogens is 2. The number of hydrazone groups is 1. The molecule has 0 radical (unpaired) electrons. The van der Waals surface area contributed by atoms with E-state index in [-0.39, 0.29) is 11.5 Å². The van der Waals surface area contributed by atoms with Crippen molar-refractivity contribution in [3.05, 3.63) is 48.0 Å². The third kappa shape index (κ3) is 2.51. The van der Waals surface area contributed by atoms with Crippen LogP contribution >= 0.6 is 0 Å². The summed E-state index contributed by atoms with van der Waals surface area (Å²) in [5.41, 5.74) is 5.22. The summed E-state index contributed by atoms with van der Waals surface area (Å²) in [4.78, 5) is 4.42. The molecule has 21 heavy (non-hydrogen) atoms. The molecule has 0 spiro atoms. The molecule has 2 aromatic carbocycles. The van der Waals surface area contributed by atoms with Crippen LogP contribution in [0.15, 0.2) is 47.6 Å². The first-order valence-electron chi connectivity index (χ1n) is 6.37. The first-order valence-corrected chi connectivity index (χ1v) is 6.37. The van der Waals surface area contributed by atoms with E-state index in [0.717, 1.165) is 11.0 Å². The van der Waals surface area contributed by atoms with Crippen LogP contribution in [0.5, 0.6) is 11.5 Å². The van der Waals surface area contributed by atoms with E-state index in [1.54, 1.807) is 6.07 Å². The van der Waals surface area contributed by atoms with Gasteiger partial charge in [-0.2, -0.15) is 5.10 Å². The van der Waals surface area contributed by atoms with E-state index in [0.29, 0.717) is 11.5 Å². The fourth-order valence-corrected chi connectivity index (χ4v) is 2.05. The molecule has 3 N–H and O–H groups in total. The van der Waals surface area contributed by atoms with Crippen LogP contribution in [0, 0.1) is 0 Å². The SMILES string of the molecule is Cn1c(N/N=C/c2ccc(O)cc2O)nc2ccccc21. The van der Waals surface area contributed by atoms with Gasteiger partial charge in [0.15, 0.2) is 0 Å². The van der Waals surface area contributed by atoms with Crippen molar-refractivity contribution in [2.75, 3.05) is 5.43 Å². The van der Waals surface area contributed by atoms with Gasteiger partial charge in [0.1, 0.15) is 11.5 Å². The molecule has 106 valence electrons. The molecule has 0 fully saturated rings. The number of phenolic OH excluding ortho intramolecular Hbond substituents is 2. The second-order valence-electron chi connectivity index (χ2n) is 4.60. The predicted molar refractivity (Wildman–Crippen MR) is 81.7 cm³/mol. The van der Waals surface area contributed by atoms with Crippen molar-refractivity contribution in [3.63, 3.8) is 0 Å². The fraction of sp³-hybridized carbons (Fsp3) is 0.0667. The largest absolute Gasteiger partial charge is 0.508 e. The van der Waals surface area contributed by atoms with Gasteiger partial charge in [0, 0.05) is 18.7 Å². The third-order valence-corrected chi connectivity index (χ3v) is 3.17. The smallest absolute Gasteiger partial charge is 0.224 e. The Morgan fingerprint density at radius 1 is 1.19 bits per heavy atom. The van der Waals surface area contributed by atoms with E-state index in [1.807, 2.05) is 35.9 Å². The summed E-state index contributed by atoms with van der Waals surface area (Å²) in [6.45, 7) is 0. The lowest BCUT2D eigenvalue weighted by Crippen LogP contribution is -1.98. The molecule has 0 atom stereocenters. The zero-order chi connectivity index (χ0) is 14.8. The molecular weight excluding hydrogens is 268 g/mol. The zero-order valence-corrected chi connectivity index (χ0v) is 11.4. The summed E-state index contributed by atoms with van der Waals surface area (Å²) in [5.74, 6) is 0.573. The Morgan fingerprint density at radius 3 is 2.76 bits per heavy atom. The molecule has 0 unspecified atom stereocenters. The lowest BCUT2D eigenvalue weighted by Gasteiger charge is -2.01. The van der Waals surface area contributed by atoms with E-state index in [1.165, 1.54) is 18.3 Å². The molecule has 0 aliphatic carbocycles. The molecule has 3 rings (SSSR count). The van der Waals surface area contributed by atoms with Gasteiger partial charge in [-0.05, 0) is 24.3 Å². The molecule has 0 aliphatic rings. The quantitative estimate of drug-likeness (QED) is 0.509. The Hall–Kier alpha value is -3.02. The number of aryl methyl sites for hydroxylation is 1. The van der Waals surface area contributed by atoms with Crippen molar-refractivity contribution >= 4 is 23.2 Å². The normalized spacial score (nSPS) is 11.3. The second-order valence-corrected chi connectivity index (χ2v) is 4.60. The third-order valence-electron chi connectivity index (χ3n) is 3.17. The van der Waals surface area contributed by atoms with Gasteiger partial charge in [-0.15, -0.1) is 0 Å². The number of nitrogens with one attached hydrogen (secondary N) is 1. The zero-order valence-electron chi connectivity index (χ0n) is 11.4. The first kappa shape index (κ1) is 13.0. The lowest BCUT2D eigenvalue weighted by atomic mass is 10.2. The van der Waals surface area contributed by atoms with Crippen LogP contribution in [0.2, 0.25) is 0 Å². The number of anilines is 1. The van der Waals surface area contributed by atoms with Gasteiger partial charge < -0.3 is 14.8 Å². The second kappa shape index (κ2) is 5.16. The Kier molecular flexibility index (Phi) is 3.19. The summed E-state index contributed by atoms with van der Waals surface area (Å²) >= 11 is 0. The van der Waals surface area contributed by atoms with E-state index >= 15 is 0 Å². The molecule has 0 saturated carbocycles. The van der Waals surface area contributed by atoms with E-state index in [2.05, 4.69) is 15.5 Å². The van der Waals surface area contributed by atoms with Crippen molar-refractivity contribution in [1.29, 1.82) is 0 Å². The van der Waals surface area contributed by atoms with Gasteiger partial charge in [-0.3, -0.25) is 0 Å². The molecule has 0 aliphatic heterocycles. The maximum atomic E-state index is 9.66. The summed E-state index contributed by atoms with van der Waals surface area (Å²) in [6.07, 6.45) is 1.47. The van der Waals surface area contributed by atoms with E-state index in [4.69, 9.17) is 0 Å². The molecule has 1 heterocycles. The summed E-state index contributed by atoms with van der Waals surface area (Å²) in [6, 6.07) is 12.1. The number of benzene rings is 2. The Bertz CT molecular complexity index is 824. The first-order chi connectivity index (χ1) is 10.1. The van der Waals surface area contributed by atoms with Crippen LogP contribution in [-0.4, -0.2) is 26.0 Å². The molecule has 0 saturated heterocycles. The Morgan fingerprint density at radius 2 is 2.00 bits per heavy atom. The Balaban J connectivity index is 1.83. The number of nitrogens with zero attached hydrogens (tertiary/aromatic N) is 3. The van der Waals surface area contributed by atoms with Crippen LogP contribution in [0.25, 0.3) is 11.0 Å². The van der Waals surface area contributed by atoms with Crippen LogP contribution in [0.1, 0.15) is 5.56 Å². The molecule has 1 aromatic heterocycles. The minimum atomic E-state index is -0.0365. The van der Waals surface area contributed by atoms with Crippen LogP contribution in [0.4, 0.5) is 5.95 Å². The predicted octanol–water partition coefficient (Wildman–Crippen LogP) is 2.43. The van der Waals surface area contributed by atoms with Crippen LogP contribution in [0.3, 0.4) is 0 Å². The molecule has 3 aromatic rings. The van der Waals surface area contributed by atoms with Gasteiger partial charge in [0.05, 0.1) is 17.2 Å². The van der Waals surface area contributed by atoms with Gasteiger partial charge >= 0.3 is 0 Å². The highest BCUT2D eigenvalue weighted by Gasteiger charge is 2.05. The van der Waals surface area contributed by atoms with Crippen LogP contribution in [-0.2, 0) is 7.05 Å². The number of fused-ring (bicyclic) bond motifs is 1. The average Bonchev–Trinajstić information content (AvgIpc) is 2.79. The van der Waals surface area contributed by atoms with Gasteiger partial charge in [0.2, 0.25) is 5.95 Å². The van der Waals surface area contributed by atoms with E-state index in [9.17, 15) is 10.2 Å². The molecule has 0 bridgehead atoms. The highest BCUT2D eigenvalue weighted by atomic mass is 16.3. The van der Waals surface area contributed by atoms with Crippen LogP contribution < -0.4 is 5.43 Å². The van der Waals surface area contributed by atoms with Gasteiger partial charge in [-0.25, -0.2) is 10.4 Å². The maximum Gasteiger partial charge on any atom is 0.224 e. The molecule has 0 amide bonds. The van der Waals surface area contributed by atoms with Crippen molar-refractivity contribution < 1.29 is 10.2 Å². The van der Waals surface area contributed by atoms with Crippen molar-refractivity contribution in [2.45, 2.75) is 0 Å². The number of hydrogen-bond donors (Lipinski definition) is 3. The topological polar surface area (TPSA) is 82.7 Å². The average molecular weight is 282 g/mol. The summed E-state index contributed by atoms with van der Waals surface area (Å²) in [7, 11) is 1.89. The maximum absolute atomic E-state index is 9.66. The van der Waals surface area contributed by atoms with Crippen molar-refractivity contribution in [1.82, 2.24) is 9.55 Å². The highest BCUT2D eigenvalue weighted by molar-refractivity contribution is 5.84. The number of imidazole rings is 1. The standard InChI is InChI=1S/C15H14N4O2/c1-19-13-5-3-2-4-12(13)17-15(19)18-16-9-10-6-7-11(20)8-14(10)21/h2-9,20-21H,1H3,(H,17,18)/b16-9+. The highest BCUT2D eigenvalue weighted by Crippen LogP contribution is 2.21. The number of para-hydroxylation sites is 2. The molecular formula is C15H14N4O2. The molecule has 6 nitrogen and oxygen atoms in total. The number of hydrogen-bond acceptors (Lipinski definition) is 5. The monoisotopic (exact) mass is 282 g/mol. The minimum absolute atomic E-state index is 0.00737. The van der Waals surface area contributed by atoms with Crippen molar-refractivity contribution in [2.24, 2.45) is 12.1 Å². The number of aromatic hydroxyl groups is 2. The Labute approximate surface area is 121 Å². The number of phenols is 2. The van der Waals surface area contributed by atoms with Gasteiger partial charge in [-0.1, -0.05) is 12.1 Å². The van der Waals surface area contributed by atoms with E-state index < -0.39 is 0 Å². The number of rotatable bonds is 3. The summed E-state index contributed by atoms with van der Waals surface area (Å²) in [5, 5.41) is 22.9. The molecule has 6 heteroatoms. The minimum Gasteiger partial charge on any atom is -0.508 e. The fourth-order valence-electron chi connectivity index (χ4n) is 2.05.